The maximum absolute atomic E-state index is 12.6. The van der Waals surface area contributed by atoms with E-state index in [9.17, 15) is 9.59 Å². The van der Waals surface area contributed by atoms with Gasteiger partial charge in [-0.05, 0) is 56.9 Å². The molecular formula is C23H28N4O2. The number of rotatable bonds is 4. The summed E-state index contributed by atoms with van der Waals surface area (Å²) in [5, 5.41) is 3.03. The van der Waals surface area contributed by atoms with Crippen molar-refractivity contribution in [3.05, 3.63) is 53.7 Å². The molecule has 29 heavy (non-hydrogen) atoms. The topological polar surface area (TPSA) is 65.5 Å². The van der Waals surface area contributed by atoms with Crippen LogP contribution in [0.4, 0.5) is 11.5 Å². The number of pyridine rings is 1. The zero-order valence-corrected chi connectivity index (χ0v) is 16.9. The lowest BCUT2D eigenvalue weighted by Gasteiger charge is -2.32. The molecule has 2 amide bonds. The molecule has 0 spiro atoms. The normalized spacial score (nSPS) is 17.4. The average Bonchev–Trinajstić information content (AvgIpc) is 3.30. The van der Waals surface area contributed by atoms with Gasteiger partial charge in [-0.25, -0.2) is 4.98 Å². The van der Waals surface area contributed by atoms with Crippen molar-refractivity contribution in [3.63, 3.8) is 0 Å². The van der Waals surface area contributed by atoms with Crippen molar-refractivity contribution in [3.8, 4) is 0 Å². The molecule has 0 unspecified atom stereocenters. The molecule has 1 N–H and O–H groups in total. The molecular weight excluding hydrogens is 364 g/mol. The van der Waals surface area contributed by atoms with E-state index in [1.54, 1.807) is 12.3 Å². The van der Waals surface area contributed by atoms with Crippen molar-refractivity contribution in [1.82, 2.24) is 9.88 Å². The van der Waals surface area contributed by atoms with Crippen molar-refractivity contribution in [2.24, 2.45) is 5.92 Å². The van der Waals surface area contributed by atoms with Gasteiger partial charge in [0.25, 0.3) is 5.91 Å². The number of hydrogen-bond acceptors (Lipinski definition) is 4. The summed E-state index contributed by atoms with van der Waals surface area (Å²) in [5.41, 5.74) is 2.73. The highest BCUT2D eigenvalue weighted by molar-refractivity contribution is 5.95. The lowest BCUT2D eigenvalue weighted by molar-refractivity contribution is -0.120. The van der Waals surface area contributed by atoms with Gasteiger partial charge in [0.15, 0.2) is 0 Å². The Balaban J connectivity index is 1.34. The fourth-order valence-corrected chi connectivity index (χ4v) is 4.08. The average molecular weight is 393 g/mol. The van der Waals surface area contributed by atoms with E-state index in [1.165, 1.54) is 5.56 Å². The summed E-state index contributed by atoms with van der Waals surface area (Å²) in [7, 11) is 0. The molecule has 2 aliphatic heterocycles. The first-order valence-electron chi connectivity index (χ1n) is 10.5. The number of carbonyl (C=O) groups excluding carboxylic acids is 2. The predicted octanol–water partition coefficient (Wildman–Crippen LogP) is 3.48. The molecule has 1 aromatic heterocycles. The molecule has 6 heteroatoms. The third kappa shape index (κ3) is 4.58. The molecule has 2 aromatic rings. The number of anilines is 2. The van der Waals surface area contributed by atoms with Crippen molar-refractivity contribution < 1.29 is 9.59 Å². The monoisotopic (exact) mass is 392 g/mol. The molecule has 4 rings (SSSR count). The second-order valence-corrected chi connectivity index (χ2v) is 8.02. The van der Waals surface area contributed by atoms with Crippen LogP contribution in [0.1, 0.15) is 41.6 Å². The Bertz CT molecular complexity index is 867. The van der Waals surface area contributed by atoms with Crippen LogP contribution >= 0.6 is 0 Å². The molecule has 0 radical (unpaired) electrons. The summed E-state index contributed by atoms with van der Waals surface area (Å²) in [4.78, 5) is 33.8. The van der Waals surface area contributed by atoms with Gasteiger partial charge in [-0.15, -0.1) is 0 Å². The highest BCUT2D eigenvalue weighted by Gasteiger charge is 2.26. The molecule has 0 saturated carbocycles. The van der Waals surface area contributed by atoms with Crippen LogP contribution in [0.25, 0.3) is 0 Å². The number of aryl methyl sites for hydroxylation is 1. The third-order valence-corrected chi connectivity index (χ3v) is 5.89. The number of benzene rings is 1. The molecule has 6 nitrogen and oxygen atoms in total. The van der Waals surface area contributed by atoms with Crippen LogP contribution in [0.5, 0.6) is 0 Å². The van der Waals surface area contributed by atoms with Crippen LogP contribution in [0.15, 0.2) is 42.6 Å². The molecule has 2 fully saturated rings. The summed E-state index contributed by atoms with van der Waals surface area (Å²) in [6.45, 7) is 5.25. The summed E-state index contributed by atoms with van der Waals surface area (Å²) in [6, 6.07) is 11.6. The first-order chi connectivity index (χ1) is 14.1. The van der Waals surface area contributed by atoms with Crippen molar-refractivity contribution >= 4 is 23.3 Å². The largest absolute Gasteiger partial charge is 0.357 e. The summed E-state index contributed by atoms with van der Waals surface area (Å²) < 4.78 is 0. The lowest BCUT2D eigenvalue weighted by atomic mass is 9.95. The van der Waals surface area contributed by atoms with E-state index < -0.39 is 0 Å². The van der Waals surface area contributed by atoms with Crippen molar-refractivity contribution in [2.45, 2.75) is 32.6 Å². The Hall–Kier alpha value is -2.89. The van der Waals surface area contributed by atoms with Crippen LogP contribution in [0.3, 0.4) is 0 Å². The molecule has 152 valence electrons. The molecule has 0 aliphatic carbocycles. The van der Waals surface area contributed by atoms with Gasteiger partial charge in [-0.1, -0.05) is 17.7 Å². The van der Waals surface area contributed by atoms with E-state index in [0.717, 1.165) is 63.4 Å². The third-order valence-electron chi connectivity index (χ3n) is 5.89. The van der Waals surface area contributed by atoms with E-state index in [-0.39, 0.29) is 17.7 Å². The van der Waals surface area contributed by atoms with Gasteiger partial charge in [0, 0.05) is 49.5 Å². The number of carbonyl (C=O) groups is 2. The highest BCUT2D eigenvalue weighted by Crippen LogP contribution is 2.24. The zero-order chi connectivity index (χ0) is 20.2. The number of hydrogen-bond donors (Lipinski definition) is 1. The van der Waals surface area contributed by atoms with E-state index >= 15 is 0 Å². The van der Waals surface area contributed by atoms with Crippen LogP contribution in [-0.4, -0.2) is 47.9 Å². The highest BCUT2D eigenvalue weighted by atomic mass is 16.2. The second-order valence-electron chi connectivity index (χ2n) is 8.02. The summed E-state index contributed by atoms with van der Waals surface area (Å²) in [6.07, 6.45) is 5.45. The van der Waals surface area contributed by atoms with E-state index in [4.69, 9.17) is 0 Å². The predicted molar refractivity (Wildman–Crippen MR) is 114 cm³/mol. The Morgan fingerprint density at radius 2 is 1.69 bits per heavy atom. The first kappa shape index (κ1) is 19.4. The zero-order valence-electron chi connectivity index (χ0n) is 16.9. The molecule has 2 saturated heterocycles. The molecule has 3 heterocycles. The summed E-state index contributed by atoms with van der Waals surface area (Å²) in [5.74, 6) is 1.01. The molecule has 1 aromatic carbocycles. The minimum atomic E-state index is 0.00182. The van der Waals surface area contributed by atoms with E-state index in [2.05, 4.69) is 15.2 Å². The second kappa shape index (κ2) is 8.64. The molecule has 0 atom stereocenters. The first-order valence-corrected chi connectivity index (χ1v) is 10.5. The lowest BCUT2D eigenvalue weighted by Crippen LogP contribution is -2.38. The van der Waals surface area contributed by atoms with Gasteiger partial charge < -0.3 is 15.1 Å². The number of amides is 2. The molecule has 2 aliphatic rings. The van der Waals surface area contributed by atoms with Gasteiger partial charge in [0.1, 0.15) is 5.82 Å². The fourth-order valence-electron chi connectivity index (χ4n) is 4.08. The Morgan fingerprint density at radius 1 is 1.00 bits per heavy atom. The van der Waals surface area contributed by atoms with Gasteiger partial charge in [-0.3, -0.25) is 9.59 Å². The van der Waals surface area contributed by atoms with Crippen molar-refractivity contribution in [1.29, 1.82) is 0 Å². The van der Waals surface area contributed by atoms with Crippen LogP contribution in [0.2, 0.25) is 0 Å². The van der Waals surface area contributed by atoms with Gasteiger partial charge in [0.2, 0.25) is 5.91 Å². The number of aromatic nitrogens is 1. The van der Waals surface area contributed by atoms with Crippen LogP contribution in [0, 0.1) is 12.8 Å². The quantitative estimate of drug-likeness (QED) is 0.865. The Kier molecular flexibility index (Phi) is 5.79. The Morgan fingerprint density at radius 3 is 2.38 bits per heavy atom. The van der Waals surface area contributed by atoms with Gasteiger partial charge in [0.05, 0.1) is 0 Å². The molecule has 0 bridgehead atoms. The maximum Gasteiger partial charge on any atom is 0.254 e. The number of piperidine rings is 1. The fraction of sp³-hybridized carbons (Fsp3) is 0.435. The minimum Gasteiger partial charge on any atom is -0.357 e. The van der Waals surface area contributed by atoms with Gasteiger partial charge >= 0.3 is 0 Å². The standard InChI is InChI=1S/C23H28N4O2/c1-17-4-6-20(7-5-17)25-22(28)18-9-14-26(15-10-18)21-16-19(8-11-24-21)23(29)27-12-2-3-13-27/h4-8,11,16,18H,2-3,9-10,12-15H2,1H3,(H,25,28). The smallest absolute Gasteiger partial charge is 0.254 e. The van der Waals surface area contributed by atoms with E-state index in [1.807, 2.05) is 42.2 Å². The number of likely N-dealkylation sites (tertiary alicyclic amines) is 1. The van der Waals surface area contributed by atoms with E-state index in [0.29, 0.717) is 5.56 Å². The van der Waals surface area contributed by atoms with Crippen LogP contribution in [-0.2, 0) is 4.79 Å². The van der Waals surface area contributed by atoms with Crippen molar-refractivity contribution in [2.75, 3.05) is 36.4 Å². The van der Waals surface area contributed by atoms with Crippen LogP contribution < -0.4 is 10.2 Å². The maximum atomic E-state index is 12.6. The number of nitrogens with zero attached hydrogens (tertiary/aromatic N) is 3. The Labute approximate surface area is 171 Å². The number of nitrogens with one attached hydrogen (secondary N) is 1. The SMILES string of the molecule is Cc1ccc(NC(=O)C2CCN(c3cc(C(=O)N4CCCC4)ccn3)CC2)cc1. The minimum absolute atomic E-state index is 0.00182. The summed E-state index contributed by atoms with van der Waals surface area (Å²) >= 11 is 0. The van der Waals surface area contributed by atoms with Gasteiger partial charge in [-0.2, -0.15) is 0 Å².